The van der Waals surface area contributed by atoms with Gasteiger partial charge in [0.15, 0.2) is 0 Å². The normalized spacial score (nSPS) is 16.8. The number of piperazine rings is 2. The SMILES string of the molecule is CC(C)(C)OC(=O)N1CCN(Cc2ccccc2)C(=O)[C@@H]1[C@@H](O)[C@@H](N)Cc1cccc(-c2ccccc2)c1.CC(C)(C)OC(=O)N1CCN(Cc2ccccc2)C(=O)[C@@H]1[C@@H](O)[C@H](Cc1cccc(-c2ccccc2)c1)N(Cc1ccccc1)Cc1ccccc1.[HH]. The summed E-state index contributed by atoms with van der Waals surface area (Å²) in [5, 5.41) is 24.3. The predicted molar refractivity (Wildman–Crippen MR) is 356 cm³/mol. The largest absolute Gasteiger partial charge is 0.444 e. The molecule has 0 saturated carbocycles. The number of hydrogen-bond donors (Lipinski definition) is 3. The quantitative estimate of drug-likeness (QED) is 0.0708. The number of rotatable bonds is 19. The number of ether oxygens (including phenoxy) is 2. The fourth-order valence-electron chi connectivity index (χ4n) is 11.7. The Balaban J connectivity index is 0.000000243. The number of aliphatic hydroxyl groups excluding tert-OH is 2. The smallest absolute Gasteiger partial charge is 0.411 e. The van der Waals surface area contributed by atoms with Crippen molar-refractivity contribution in [2.24, 2.45) is 5.73 Å². The second-order valence-electron chi connectivity index (χ2n) is 25.4. The summed E-state index contributed by atoms with van der Waals surface area (Å²) in [5.74, 6) is -0.636. The molecule has 0 aliphatic carbocycles. The fourth-order valence-corrected chi connectivity index (χ4v) is 11.7. The molecule has 10 rings (SSSR count). The fraction of sp³-hybridized carbons (Fsp3) is 0.316. The molecule has 2 saturated heterocycles. The van der Waals surface area contributed by atoms with E-state index in [9.17, 15) is 29.4 Å². The number of benzene rings is 8. The molecule has 2 aliphatic heterocycles. The van der Waals surface area contributed by atoms with E-state index >= 15 is 0 Å². The Morgan fingerprint density at radius 3 is 1.16 bits per heavy atom. The first-order valence-corrected chi connectivity index (χ1v) is 31.1. The summed E-state index contributed by atoms with van der Waals surface area (Å²) in [4.78, 5) is 63.9. The lowest BCUT2D eigenvalue weighted by molar-refractivity contribution is -0.150. The number of nitrogens with two attached hydrogens (primary N) is 1. The molecule has 4 N–H and O–H groups in total. The zero-order chi connectivity index (χ0) is 63.8. The van der Waals surface area contributed by atoms with Gasteiger partial charge < -0.3 is 35.2 Å². The lowest BCUT2D eigenvalue weighted by Gasteiger charge is -2.46. The number of amides is 4. The Morgan fingerprint density at radius 1 is 0.456 bits per heavy atom. The molecule has 0 unspecified atom stereocenters. The van der Waals surface area contributed by atoms with Crippen LogP contribution in [0.1, 0.15) is 76.3 Å². The van der Waals surface area contributed by atoms with Crippen LogP contribution in [0.4, 0.5) is 9.59 Å². The first kappa shape index (κ1) is 65.5. The van der Waals surface area contributed by atoms with Crippen LogP contribution < -0.4 is 5.73 Å². The number of aliphatic hydroxyl groups is 2. The van der Waals surface area contributed by atoms with Gasteiger partial charge >= 0.3 is 12.2 Å². The highest BCUT2D eigenvalue weighted by Crippen LogP contribution is 2.31. The molecule has 8 aromatic rings. The maximum atomic E-state index is 14.7. The Bertz CT molecular complexity index is 3540. The Labute approximate surface area is 532 Å². The molecule has 0 aromatic heterocycles. The number of carbonyl (C=O) groups excluding carboxylic acids is 4. The Morgan fingerprint density at radius 2 is 0.778 bits per heavy atom. The summed E-state index contributed by atoms with van der Waals surface area (Å²) in [6.45, 7) is 13.7. The van der Waals surface area contributed by atoms with E-state index in [1.807, 2.05) is 197 Å². The standard InChI is InChI=1S/C45H49N3O4.C31H37N3O4.H2/c1-45(2,3)52-44(51)48-28-27-46(31-34-17-8-4-9-18-34)43(50)41(48)42(49)40(30-37-23-16-26-39(29-37)38-24-14-7-15-25-38)47(32-35-19-10-5-11-20-35)33-36-21-12-6-13-22-36;1-31(2,3)38-30(37)34-18-17-33(21-22-11-6-4-7-12-22)29(36)27(34)28(35)26(32)20-23-13-10-16-25(19-23)24-14-8-5-9-15-24;/h4-26,29,40-42,49H,27-28,30-33H2,1-3H3;4-16,19,26-28,35H,17-18,20-21,32H2,1-3H3;1H/t40-,41-,42-;26-,27-,28-;/m00./s1. The molecule has 470 valence electrons. The van der Waals surface area contributed by atoms with Crippen LogP contribution in [-0.2, 0) is 58.1 Å². The highest BCUT2D eigenvalue weighted by Gasteiger charge is 2.48. The van der Waals surface area contributed by atoms with Crippen LogP contribution in [0.5, 0.6) is 0 Å². The third-order valence-electron chi connectivity index (χ3n) is 16.1. The van der Waals surface area contributed by atoms with Crippen LogP contribution in [-0.4, -0.2) is 132 Å². The van der Waals surface area contributed by atoms with Gasteiger partial charge in [0.05, 0.1) is 12.2 Å². The zero-order valence-corrected chi connectivity index (χ0v) is 52.6. The van der Waals surface area contributed by atoms with E-state index in [0.717, 1.165) is 55.6 Å². The van der Waals surface area contributed by atoms with E-state index in [1.54, 1.807) is 30.6 Å². The van der Waals surface area contributed by atoms with Crippen molar-refractivity contribution in [1.29, 1.82) is 0 Å². The molecular weight excluding hydrogens is 1120 g/mol. The monoisotopic (exact) mass is 1210 g/mol. The van der Waals surface area contributed by atoms with Gasteiger partial charge in [0.2, 0.25) is 11.8 Å². The summed E-state index contributed by atoms with van der Waals surface area (Å²) in [6.07, 6.45) is -3.00. The van der Waals surface area contributed by atoms with Crippen molar-refractivity contribution < 1.29 is 40.3 Å². The topological polar surface area (TPSA) is 169 Å². The molecule has 2 aliphatic rings. The van der Waals surface area contributed by atoms with Crippen molar-refractivity contribution in [2.75, 3.05) is 26.2 Å². The maximum Gasteiger partial charge on any atom is 0.411 e. The van der Waals surface area contributed by atoms with Crippen molar-refractivity contribution >= 4 is 24.0 Å². The number of nitrogens with zero attached hydrogens (tertiary/aromatic N) is 5. The zero-order valence-electron chi connectivity index (χ0n) is 52.6. The predicted octanol–water partition coefficient (Wildman–Crippen LogP) is 12.5. The van der Waals surface area contributed by atoms with Crippen molar-refractivity contribution in [3.05, 3.63) is 264 Å². The minimum absolute atomic E-state index is 0. The number of hydrogen-bond acceptors (Lipinski definition) is 10. The molecule has 6 atom stereocenters. The van der Waals surface area contributed by atoms with Crippen LogP contribution in [0, 0.1) is 0 Å². The molecule has 14 nitrogen and oxygen atoms in total. The Hall–Kier alpha value is -8.92. The highest BCUT2D eigenvalue weighted by molar-refractivity contribution is 5.89. The van der Waals surface area contributed by atoms with Gasteiger partial charge in [-0.05, 0) is 110 Å². The van der Waals surface area contributed by atoms with E-state index < -0.39 is 59.8 Å². The van der Waals surface area contributed by atoms with Gasteiger partial charge in [-0.2, -0.15) is 0 Å². The molecule has 2 fully saturated rings. The van der Waals surface area contributed by atoms with Gasteiger partial charge in [-0.1, -0.05) is 231 Å². The second-order valence-corrected chi connectivity index (χ2v) is 25.4. The van der Waals surface area contributed by atoms with Gasteiger partial charge in [0, 0.05) is 65.9 Å². The van der Waals surface area contributed by atoms with E-state index in [-0.39, 0.29) is 26.3 Å². The molecular formula is C76H88N6O8. The van der Waals surface area contributed by atoms with Crippen LogP contribution in [0.25, 0.3) is 22.3 Å². The maximum absolute atomic E-state index is 14.7. The van der Waals surface area contributed by atoms with E-state index in [1.165, 1.54) is 9.80 Å². The lowest BCUT2D eigenvalue weighted by Crippen LogP contribution is -2.66. The lowest BCUT2D eigenvalue weighted by atomic mass is 9.90. The molecule has 0 bridgehead atoms. The second kappa shape index (κ2) is 30.5. The molecule has 8 aromatic carbocycles. The summed E-state index contributed by atoms with van der Waals surface area (Å²) in [5.41, 5.74) is 15.4. The molecule has 14 heteroatoms. The molecule has 0 radical (unpaired) electrons. The van der Waals surface area contributed by atoms with Crippen molar-refractivity contribution in [3.8, 4) is 22.3 Å². The van der Waals surface area contributed by atoms with E-state index in [2.05, 4.69) is 59.5 Å². The van der Waals surface area contributed by atoms with Gasteiger partial charge in [0.1, 0.15) is 23.3 Å². The first-order valence-electron chi connectivity index (χ1n) is 31.1. The minimum Gasteiger partial charge on any atom is -0.444 e. The van der Waals surface area contributed by atoms with Gasteiger partial charge in [-0.15, -0.1) is 0 Å². The van der Waals surface area contributed by atoms with Crippen LogP contribution in [0.15, 0.2) is 231 Å². The van der Waals surface area contributed by atoms with Crippen molar-refractivity contribution in [1.82, 2.24) is 24.5 Å². The van der Waals surface area contributed by atoms with E-state index in [4.69, 9.17) is 15.2 Å². The van der Waals surface area contributed by atoms with Crippen LogP contribution in [0.2, 0.25) is 0 Å². The Kier molecular flexibility index (Phi) is 22.2. The average molecular weight is 1210 g/mol. The van der Waals surface area contributed by atoms with Crippen molar-refractivity contribution in [3.63, 3.8) is 0 Å². The molecule has 90 heavy (non-hydrogen) atoms. The summed E-state index contributed by atoms with van der Waals surface area (Å²) in [7, 11) is 0. The minimum atomic E-state index is -1.28. The third-order valence-corrected chi connectivity index (χ3v) is 16.1. The van der Waals surface area contributed by atoms with Crippen LogP contribution >= 0.6 is 0 Å². The van der Waals surface area contributed by atoms with E-state index in [0.29, 0.717) is 52.1 Å². The van der Waals surface area contributed by atoms with Gasteiger partial charge in [-0.3, -0.25) is 24.3 Å². The average Bonchev–Trinajstić information content (AvgIpc) is 0.882. The molecule has 2 heterocycles. The highest BCUT2D eigenvalue weighted by atomic mass is 16.6. The summed E-state index contributed by atoms with van der Waals surface area (Å²) < 4.78 is 11.5. The first-order chi connectivity index (χ1) is 43.3. The summed E-state index contributed by atoms with van der Waals surface area (Å²) in [6, 6.07) is 72.8. The third kappa shape index (κ3) is 18.1. The molecule has 4 amide bonds. The molecule has 0 spiro atoms. The van der Waals surface area contributed by atoms with Crippen LogP contribution in [0.3, 0.4) is 0 Å². The number of carbonyl (C=O) groups is 4. The van der Waals surface area contributed by atoms with Crippen molar-refractivity contribution in [2.45, 2.75) is 128 Å². The van der Waals surface area contributed by atoms with Gasteiger partial charge in [0.25, 0.3) is 0 Å². The summed E-state index contributed by atoms with van der Waals surface area (Å²) >= 11 is 0. The van der Waals surface area contributed by atoms with Gasteiger partial charge in [-0.25, -0.2) is 9.59 Å².